The molecule has 3 nitrogen and oxygen atoms in total. The maximum absolute atomic E-state index is 11.1. The molecule has 4 heteroatoms. The number of aryl methyl sites for hydroxylation is 1. The minimum Gasteiger partial charge on any atom is -0.477 e. The number of fused-ring (bicyclic) bond motifs is 1. The summed E-state index contributed by atoms with van der Waals surface area (Å²) in [6.45, 7) is 2.07. The highest BCUT2D eigenvalue weighted by Crippen LogP contribution is 2.34. The van der Waals surface area contributed by atoms with Crippen LogP contribution >= 0.6 is 11.3 Å². The number of nitrogens with zero attached hydrogens (tertiary/aromatic N) is 1. The van der Waals surface area contributed by atoms with Crippen LogP contribution in [0.1, 0.15) is 16.1 Å². The van der Waals surface area contributed by atoms with E-state index >= 15 is 0 Å². The van der Waals surface area contributed by atoms with Gasteiger partial charge in [0.25, 0.3) is 0 Å². The van der Waals surface area contributed by atoms with Crippen molar-refractivity contribution in [3.63, 3.8) is 0 Å². The SMILES string of the molecule is Cc1ccc2sc(-c3ccc(C(=O)O)n3C)cc2c1. The fourth-order valence-electron chi connectivity index (χ4n) is 2.26. The molecule has 0 atom stereocenters. The average Bonchev–Trinajstić information content (AvgIpc) is 2.91. The second kappa shape index (κ2) is 4.24. The zero-order valence-corrected chi connectivity index (χ0v) is 11.5. The fraction of sp³-hybridized carbons (Fsp3) is 0.133. The third-order valence-corrected chi connectivity index (χ3v) is 4.40. The molecule has 0 unspecified atom stereocenters. The first kappa shape index (κ1) is 12.0. The first-order valence-electron chi connectivity index (χ1n) is 5.96. The van der Waals surface area contributed by atoms with Crippen molar-refractivity contribution in [2.45, 2.75) is 6.92 Å². The molecule has 0 spiro atoms. The summed E-state index contributed by atoms with van der Waals surface area (Å²) in [5.74, 6) is -0.897. The van der Waals surface area contributed by atoms with Crippen molar-refractivity contribution in [2.24, 2.45) is 7.05 Å². The zero-order chi connectivity index (χ0) is 13.6. The molecule has 0 fully saturated rings. The van der Waals surface area contributed by atoms with Crippen LogP contribution in [0.3, 0.4) is 0 Å². The van der Waals surface area contributed by atoms with Crippen LogP contribution in [0.5, 0.6) is 0 Å². The van der Waals surface area contributed by atoms with E-state index in [9.17, 15) is 4.79 Å². The summed E-state index contributed by atoms with van der Waals surface area (Å²) in [7, 11) is 1.79. The molecule has 3 aromatic rings. The van der Waals surface area contributed by atoms with Crippen LogP contribution in [0, 0.1) is 6.92 Å². The van der Waals surface area contributed by atoms with E-state index in [1.165, 1.54) is 15.6 Å². The average molecular weight is 271 g/mol. The number of carboxylic acids is 1. The van der Waals surface area contributed by atoms with Gasteiger partial charge in [-0.25, -0.2) is 4.79 Å². The van der Waals surface area contributed by atoms with E-state index in [0.29, 0.717) is 5.69 Å². The molecule has 1 aromatic carbocycles. The smallest absolute Gasteiger partial charge is 0.352 e. The van der Waals surface area contributed by atoms with Gasteiger partial charge in [-0.3, -0.25) is 0 Å². The molecule has 0 aliphatic heterocycles. The predicted molar refractivity (Wildman–Crippen MR) is 77.9 cm³/mol. The standard InChI is InChI=1S/C15H13NO2S/c1-9-3-6-13-10(7-9)8-14(19-13)11-4-5-12(15(17)18)16(11)2/h3-8H,1-2H3,(H,17,18). The van der Waals surface area contributed by atoms with Crippen molar-refractivity contribution in [3.05, 3.63) is 47.7 Å². The zero-order valence-electron chi connectivity index (χ0n) is 10.7. The van der Waals surface area contributed by atoms with E-state index in [4.69, 9.17) is 5.11 Å². The van der Waals surface area contributed by atoms with Gasteiger partial charge in [0, 0.05) is 11.7 Å². The molecule has 19 heavy (non-hydrogen) atoms. The third kappa shape index (κ3) is 1.94. The van der Waals surface area contributed by atoms with E-state index in [-0.39, 0.29) is 0 Å². The van der Waals surface area contributed by atoms with Crippen molar-refractivity contribution in [2.75, 3.05) is 0 Å². The summed E-state index contributed by atoms with van der Waals surface area (Å²) < 4.78 is 2.94. The number of benzene rings is 1. The molecule has 0 saturated heterocycles. The van der Waals surface area contributed by atoms with Crippen molar-refractivity contribution < 1.29 is 9.90 Å². The number of carbonyl (C=O) groups is 1. The van der Waals surface area contributed by atoms with E-state index in [2.05, 4.69) is 31.2 Å². The van der Waals surface area contributed by atoms with Crippen LogP contribution in [-0.4, -0.2) is 15.6 Å². The number of carboxylic acid groups (broad SMARTS) is 1. The Labute approximate surface area is 114 Å². The predicted octanol–water partition coefficient (Wildman–Crippen LogP) is 3.91. The van der Waals surface area contributed by atoms with Crippen molar-refractivity contribution in [1.29, 1.82) is 0 Å². The lowest BCUT2D eigenvalue weighted by atomic mass is 10.2. The molecule has 96 valence electrons. The molecular weight excluding hydrogens is 258 g/mol. The van der Waals surface area contributed by atoms with E-state index in [0.717, 1.165) is 10.6 Å². The number of aromatic carboxylic acids is 1. The fourth-order valence-corrected chi connectivity index (χ4v) is 3.37. The lowest BCUT2D eigenvalue weighted by Crippen LogP contribution is -2.04. The monoisotopic (exact) mass is 271 g/mol. The Morgan fingerprint density at radius 3 is 2.68 bits per heavy atom. The van der Waals surface area contributed by atoms with Gasteiger partial charge in [0.15, 0.2) is 0 Å². The lowest BCUT2D eigenvalue weighted by molar-refractivity contribution is 0.0687. The van der Waals surface area contributed by atoms with E-state index in [1.807, 2.05) is 6.07 Å². The van der Waals surface area contributed by atoms with Crippen molar-refractivity contribution in [3.8, 4) is 10.6 Å². The van der Waals surface area contributed by atoms with Gasteiger partial charge in [-0.15, -0.1) is 11.3 Å². The molecule has 0 aliphatic carbocycles. The molecule has 0 amide bonds. The summed E-state index contributed by atoms with van der Waals surface area (Å²) in [5, 5.41) is 10.3. The van der Waals surface area contributed by atoms with Gasteiger partial charge in [-0.2, -0.15) is 0 Å². The Bertz CT molecular complexity index is 783. The Morgan fingerprint density at radius 2 is 2.00 bits per heavy atom. The van der Waals surface area contributed by atoms with Gasteiger partial charge in [-0.05, 0) is 36.6 Å². The Kier molecular flexibility index (Phi) is 2.68. The topological polar surface area (TPSA) is 42.2 Å². The van der Waals surface area contributed by atoms with Crippen LogP contribution < -0.4 is 0 Å². The normalized spacial score (nSPS) is 11.1. The summed E-state index contributed by atoms with van der Waals surface area (Å²) in [4.78, 5) is 12.2. The second-order valence-electron chi connectivity index (χ2n) is 4.62. The maximum atomic E-state index is 11.1. The number of rotatable bonds is 2. The molecule has 2 aromatic heterocycles. The highest BCUT2D eigenvalue weighted by Gasteiger charge is 2.13. The second-order valence-corrected chi connectivity index (χ2v) is 5.70. The Balaban J connectivity index is 2.16. The number of hydrogen-bond acceptors (Lipinski definition) is 2. The van der Waals surface area contributed by atoms with E-state index < -0.39 is 5.97 Å². The van der Waals surface area contributed by atoms with Crippen molar-refractivity contribution in [1.82, 2.24) is 4.57 Å². The molecule has 0 radical (unpaired) electrons. The minimum atomic E-state index is -0.897. The highest BCUT2D eigenvalue weighted by atomic mass is 32.1. The molecule has 0 aliphatic rings. The van der Waals surface area contributed by atoms with Gasteiger partial charge >= 0.3 is 5.97 Å². The minimum absolute atomic E-state index is 0.309. The molecule has 3 rings (SSSR count). The lowest BCUT2D eigenvalue weighted by Gasteiger charge is -2.02. The van der Waals surface area contributed by atoms with Gasteiger partial charge in [-0.1, -0.05) is 17.7 Å². The maximum Gasteiger partial charge on any atom is 0.352 e. The van der Waals surface area contributed by atoms with Crippen LogP contribution in [0.25, 0.3) is 20.7 Å². The number of thiophene rings is 1. The summed E-state index contributed by atoms with van der Waals surface area (Å²) >= 11 is 1.68. The largest absolute Gasteiger partial charge is 0.477 e. The molecule has 1 N–H and O–H groups in total. The summed E-state index contributed by atoms with van der Waals surface area (Å²) in [6.07, 6.45) is 0. The Morgan fingerprint density at radius 1 is 1.21 bits per heavy atom. The number of aromatic nitrogens is 1. The molecule has 0 bridgehead atoms. The van der Waals surface area contributed by atoms with Crippen LogP contribution in [-0.2, 0) is 7.05 Å². The van der Waals surface area contributed by atoms with E-state index in [1.54, 1.807) is 29.0 Å². The number of hydrogen-bond donors (Lipinski definition) is 1. The van der Waals surface area contributed by atoms with Gasteiger partial charge in [0.1, 0.15) is 5.69 Å². The van der Waals surface area contributed by atoms with Crippen LogP contribution in [0.4, 0.5) is 0 Å². The summed E-state index contributed by atoms with van der Waals surface area (Å²) in [5.41, 5.74) is 2.48. The molecular formula is C15H13NO2S. The Hall–Kier alpha value is -2.07. The van der Waals surface area contributed by atoms with Gasteiger partial charge < -0.3 is 9.67 Å². The third-order valence-electron chi connectivity index (χ3n) is 3.27. The highest BCUT2D eigenvalue weighted by molar-refractivity contribution is 7.22. The summed E-state index contributed by atoms with van der Waals surface area (Å²) in [6, 6.07) is 12.0. The first-order valence-corrected chi connectivity index (χ1v) is 6.77. The first-order chi connectivity index (χ1) is 9.06. The van der Waals surface area contributed by atoms with Crippen LogP contribution in [0.2, 0.25) is 0 Å². The molecule has 2 heterocycles. The van der Waals surface area contributed by atoms with Gasteiger partial charge in [0.05, 0.1) is 10.6 Å². The van der Waals surface area contributed by atoms with Crippen LogP contribution in [0.15, 0.2) is 36.4 Å². The quantitative estimate of drug-likeness (QED) is 0.767. The van der Waals surface area contributed by atoms with Crippen molar-refractivity contribution >= 4 is 27.4 Å². The molecule has 0 saturated carbocycles. The van der Waals surface area contributed by atoms with Gasteiger partial charge in [0.2, 0.25) is 0 Å².